The zero-order chi connectivity index (χ0) is 20.2. The van der Waals surface area contributed by atoms with Crippen molar-refractivity contribution in [2.45, 2.75) is 58.5 Å². The lowest BCUT2D eigenvalue weighted by Crippen LogP contribution is -2.45. The molecule has 1 heterocycles. The summed E-state index contributed by atoms with van der Waals surface area (Å²) in [5.41, 5.74) is -0.847. The summed E-state index contributed by atoms with van der Waals surface area (Å²) in [5.74, 6) is -0.717. The van der Waals surface area contributed by atoms with Gasteiger partial charge in [0.05, 0.1) is 0 Å². The third-order valence-corrected chi connectivity index (χ3v) is 4.82. The number of halogens is 1. The summed E-state index contributed by atoms with van der Waals surface area (Å²) in [5, 5.41) is 5.44. The SMILES string of the molecule is CC(C)CCCC(C)NC(=O)CN1C(=O)NC(C)(c2ccc(F)cc2)C1=O. The number of nitrogens with zero attached hydrogens (tertiary/aromatic N) is 1. The van der Waals surface area contributed by atoms with Crippen LogP contribution in [0.5, 0.6) is 0 Å². The van der Waals surface area contributed by atoms with E-state index in [0.29, 0.717) is 11.5 Å². The van der Waals surface area contributed by atoms with Crippen LogP contribution in [0.25, 0.3) is 0 Å². The van der Waals surface area contributed by atoms with Crippen molar-refractivity contribution in [3.05, 3.63) is 35.6 Å². The average Bonchev–Trinajstić information content (AvgIpc) is 2.79. The number of nitrogens with one attached hydrogen (secondary N) is 2. The highest BCUT2D eigenvalue weighted by atomic mass is 19.1. The molecule has 7 heteroatoms. The van der Waals surface area contributed by atoms with Gasteiger partial charge < -0.3 is 10.6 Å². The second kappa shape index (κ2) is 8.50. The van der Waals surface area contributed by atoms with Crippen LogP contribution in [0.3, 0.4) is 0 Å². The fraction of sp³-hybridized carbons (Fsp3) is 0.550. The second-order valence-electron chi connectivity index (χ2n) is 7.75. The van der Waals surface area contributed by atoms with Crippen molar-refractivity contribution in [2.24, 2.45) is 5.92 Å². The summed E-state index contributed by atoms with van der Waals surface area (Å²) in [7, 11) is 0. The minimum atomic E-state index is -1.31. The van der Waals surface area contributed by atoms with Gasteiger partial charge in [-0.3, -0.25) is 14.5 Å². The van der Waals surface area contributed by atoms with E-state index < -0.39 is 23.3 Å². The maximum atomic E-state index is 13.1. The predicted molar refractivity (Wildman–Crippen MR) is 100 cm³/mol. The van der Waals surface area contributed by atoms with Gasteiger partial charge in [0.1, 0.15) is 17.9 Å². The number of amides is 4. The highest BCUT2D eigenvalue weighted by molar-refractivity contribution is 6.09. The van der Waals surface area contributed by atoms with Gasteiger partial charge in [-0.05, 0) is 43.9 Å². The molecule has 2 rings (SSSR count). The van der Waals surface area contributed by atoms with E-state index in [0.717, 1.165) is 24.2 Å². The smallest absolute Gasteiger partial charge is 0.325 e. The first-order valence-electron chi connectivity index (χ1n) is 9.33. The maximum absolute atomic E-state index is 13.1. The van der Waals surface area contributed by atoms with E-state index in [2.05, 4.69) is 24.5 Å². The zero-order valence-corrected chi connectivity index (χ0v) is 16.3. The molecule has 2 unspecified atom stereocenters. The Labute approximate surface area is 159 Å². The number of imide groups is 1. The lowest BCUT2D eigenvalue weighted by Gasteiger charge is -2.22. The monoisotopic (exact) mass is 377 g/mol. The Hall–Kier alpha value is -2.44. The Balaban J connectivity index is 1.96. The van der Waals surface area contributed by atoms with Crippen LogP contribution >= 0.6 is 0 Å². The molecule has 0 saturated carbocycles. The summed E-state index contributed by atoms with van der Waals surface area (Å²) in [6.45, 7) is 7.42. The van der Waals surface area contributed by atoms with Gasteiger partial charge in [0.25, 0.3) is 5.91 Å². The highest BCUT2D eigenvalue weighted by Gasteiger charge is 2.49. The Morgan fingerprint density at radius 3 is 2.41 bits per heavy atom. The molecule has 148 valence electrons. The zero-order valence-electron chi connectivity index (χ0n) is 16.3. The van der Waals surface area contributed by atoms with Crippen LogP contribution in [0.15, 0.2) is 24.3 Å². The van der Waals surface area contributed by atoms with Gasteiger partial charge in [0, 0.05) is 6.04 Å². The van der Waals surface area contributed by atoms with E-state index >= 15 is 0 Å². The average molecular weight is 377 g/mol. The van der Waals surface area contributed by atoms with E-state index in [9.17, 15) is 18.8 Å². The summed E-state index contributed by atoms with van der Waals surface area (Å²) in [4.78, 5) is 38.2. The van der Waals surface area contributed by atoms with Crippen LogP contribution in [0.4, 0.5) is 9.18 Å². The van der Waals surface area contributed by atoms with E-state index in [1.54, 1.807) is 6.92 Å². The molecular formula is C20H28FN3O3. The van der Waals surface area contributed by atoms with Crippen LogP contribution in [-0.4, -0.2) is 35.3 Å². The first-order chi connectivity index (χ1) is 12.6. The molecule has 1 aromatic rings. The van der Waals surface area contributed by atoms with Crippen molar-refractivity contribution < 1.29 is 18.8 Å². The normalized spacial score (nSPS) is 20.7. The minimum Gasteiger partial charge on any atom is -0.352 e. The summed E-state index contributed by atoms with van der Waals surface area (Å²) < 4.78 is 13.1. The molecule has 4 amide bonds. The molecule has 2 atom stereocenters. The third-order valence-electron chi connectivity index (χ3n) is 4.82. The highest BCUT2D eigenvalue weighted by Crippen LogP contribution is 2.28. The number of urea groups is 1. The van der Waals surface area contributed by atoms with Crippen LogP contribution in [-0.2, 0) is 15.1 Å². The Morgan fingerprint density at radius 2 is 1.81 bits per heavy atom. The molecule has 0 aliphatic carbocycles. The van der Waals surface area contributed by atoms with Gasteiger partial charge >= 0.3 is 6.03 Å². The lowest BCUT2D eigenvalue weighted by atomic mass is 9.92. The Kier molecular flexibility index (Phi) is 6.57. The molecule has 0 radical (unpaired) electrons. The largest absolute Gasteiger partial charge is 0.352 e. The Bertz CT molecular complexity index is 705. The number of hydrogen-bond acceptors (Lipinski definition) is 3. The molecule has 0 aromatic heterocycles. The van der Waals surface area contributed by atoms with Crippen LogP contribution in [0.1, 0.15) is 52.5 Å². The molecule has 0 spiro atoms. The number of carbonyl (C=O) groups excluding carboxylic acids is 3. The molecule has 0 bridgehead atoms. The molecular weight excluding hydrogens is 349 g/mol. The molecule has 1 saturated heterocycles. The van der Waals surface area contributed by atoms with Gasteiger partial charge in [0.2, 0.25) is 5.91 Å². The van der Waals surface area contributed by atoms with Crippen LogP contribution in [0.2, 0.25) is 0 Å². The quantitative estimate of drug-likeness (QED) is 0.684. The van der Waals surface area contributed by atoms with Crippen LogP contribution < -0.4 is 10.6 Å². The molecule has 1 aromatic carbocycles. The molecule has 1 fully saturated rings. The molecule has 2 N–H and O–H groups in total. The molecule has 1 aliphatic rings. The first-order valence-corrected chi connectivity index (χ1v) is 9.33. The number of benzene rings is 1. The van der Waals surface area contributed by atoms with Crippen molar-refractivity contribution in [3.8, 4) is 0 Å². The van der Waals surface area contributed by atoms with Crippen molar-refractivity contribution in [1.29, 1.82) is 0 Å². The van der Waals surface area contributed by atoms with E-state index in [1.807, 2.05) is 6.92 Å². The van der Waals surface area contributed by atoms with Gasteiger partial charge in [0.15, 0.2) is 0 Å². The topological polar surface area (TPSA) is 78.5 Å². The maximum Gasteiger partial charge on any atom is 0.325 e. The Morgan fingerprint density at radius 1 is 1.19 bits per heavy atom. The first kappa shape index (κ1) is 20.9. The molecule has 1 aliphatic heterocycles. The van der Waals surface area contributed by atoms with Gasteiger partial charge in [-0.15, -0.1) is 0 Å². The number of carbonyl (C=O) groups is 3. The fourth-order valence-corrected chi connectivity index (χ4v) is 3.19. The van der Waals surface area contributed by atoms with Gasteiger partial charge in [-0.25, -0.2) is 9.18 Å². The van der Waals surface area contributed by atoms with Crippen LogP contribution in [0, 0.1) is 11.7 Å². The van der Waals surface area contributed by atoms with E-state index in [1.165, 1.54) is 24.3 Å². The molecule has 6 nitrogen and oxygen atoms in total. The minimum absolute atomic E-state index is 0.0273. The summed E-state index contributed by atoms with van der Waals surface area (Å²) in [6.07, 6.45) is 2.94. The van der Waals surface area contributed by atoms with Gasteiger partial charge in [-0.1, -0.05) is 38.8 Å². The number of rotatable bonds is 8. The third kappa shape index (κ3) is 5.05. The van der Waals surface area contributed by atoms with Crippen molar-refractivity contribution in [3.63, 3.8) is 0 Å². The van der Waals surface area contributed by atoms with E-state index in [-0.39, 0.29) is 18.5 Å². The van der Waals surface area contributed by atoms with Crippen molar-refractivity contribution in [1.82, 2.24) is 15.5 Å². The second-order valence-corrected chi connectivity index (χ2v) is 7.75. The van der Waals surface area contributed by atoms with Crippen molar-refractivity contribution >= 4 is 17.8 Å². The summed E-state index contributed by atoms with van der Waals surface area (Å²) >= 11 is 0. The standard InChI is InChI=1S/C20H28FN3O3/c1-13(2)6-5-7-14(3)22-17(25)12-24-18(26)20(4,23-19(24)27)15-8-10-16(21)11-9-15/h8-11,13-14H,5-7,12H2,1-4H3,(H,22,25)(H,23,27). The van der Waals surface area contributed by atoms with E-state index in [4.69, 9.17) is 0 Å². The van der Waals surface area contributed by atoms with Gasteiger partial charge in [-0.2, -0.15) is 0 Å². The summed E-state index contributed by atoms with van der Waals surface area (Å²) in [6, 6.07) is 4.71. The number of hydrogen-bond donors (Lipinski definition) is 2. The molecule has 27 heavy (non-hydrogen) atoms. The fourth-order valence-electron chi connectivity index (χ4n) is 3.19. The predicted octanol–water partition coefficient (Wildman–Crippen LogP) is 2.92. The lowest BCUT2D eigenvalue weighted by molar-refractivity contribution is -0.135. The van der Waals surface area contributed by atoms with Crippen molar-refractivity contribution in [2.75, 3.05) is 6.54 Å².